The third-order valence-electron chi connectivity index (χ3n) is 3.85. The first-order valence-corrected chi connectivity index (χ1v) is 7.32. The standard InChI is InChI=1S/C16H19N3O3/c1-2-5-19-14-10-12(16(20)21)3-4-13(14)17-15(19)11-18-6-8-22-9-7-18/h2-4,10H,1,5-9,11H2,(H,20,21). The number of carbonyl (C=O) groups is 1. The molecule has 0 amide bonds. The minimum atomic E-state index is -0.928. The number of imidazole rings is 1. The molecule has 3 rings (SSSR count). The maximum absolute atomic E-state index is 11.2. The summed E-state index contributed by atoms with van der Waals surface area (Å²) in [6, 6.07) is 5.03. The summed E-state index contributed by atoms with van der Waals surface area (Å²) in [5, 5.41) is 9.16. The van der Waals surface area contributed by atoms with Crippen LogP contribution in [0.3, 0.4) is 0 Å². The molecule has 22 heavy (non-hydrogen) atoms. The van der Waals surface area contributed by atoms with Crippen molar-refractivity contribution in [3.63, 3.8) is 0 Å². The molecule has 1 aliphatic rings. The zero-order valence-electron chi connectivity index (χ0n) is 12.4. The zero-order valence-corrected chi connectivity index (χ0v) is 12.4. The molecular formula is C16H19N3O3. The molecule has 2 aromatic rings. The van der Waals surface area contributed by atoms with Crippen LogP contribution in [0.2, 0.25) is 0 Å². The van der Waals surface area contributed by atoms with Gasteiger partial charge in [-0.15, -0.1) is 6.58 Å². The van der Waals surface area contributed by atoms with E-state index in [-0.39, 0.29) is 5.56 Å². The molecule has 6 nitrogen and oxygen atoms in total. The SMILES string of the molecule is C=CCn1c(CN2CCOCC2)nc2ccc(C(=O)O)cc21. The second-order valence-electron chi connectivity index (χ2n) is 5.32. The number of allylic oxidation sites excluding steroid dienone is 1. The van der Waals surface area contributed by atoms with E-state index in [1.165, 1.54) is 0 Å². The first-order chi connectivity index (χ1) is 10.7. The van der Waals surface area contributed by atoms with Gasteiger partial charge in [0.15, 0.2) is 0 Å². The van der Waals surface area contributed by atoms with Gasteiger partial charge in [-0.25, -0.2) is 9.78 Å². The van der Waals surface area contributed by atoms with E-state index in [9.17, 15) is 4.79 Å². The zero-order chi connectivity index (χ0) is 15.5. The topological polar surface area (TPSA) is 67.6 Å². The monoisotopic (exact) mass is 301 g/mol. The van der Waals surface area contributed by atoms with Crippen molar-refractivity contribution in [2.75, 3.05) is 26.3 Å². The molecule has 0 unspecified atom stereocenters. The molecule has 116 valence electrons. The average Bonchev–Trinajstić information content (AvgIpc) is 2.85. The molecule has 1 N–H and O–H groups in total. The van der Waals surface area contributed by atoms with Crippen LogP contribution in [0, 0.1) is 0 Å². The maximum atomic E-state index is 11.2. The van der Waals surface area contributed by atoms with E-state index in [1.807, 2.05) is 4.57 Å². The second kappa shape index (κ2) is 6.29. The van der Waals surface area contributed by atoms with Crippen molar-refractivity contribution in [1.82, 2.24) is 14.5 Å². The van der Waals surface area contributed by atoms with E-state index in [1.54, 1.807) is 24.3 Å². The van der Waals surface area contributed by atoms with Crippen molar-refractivity contribution in [3.05, 3.63) is 42.2 Å². The fourth-order valence-corrected chi connectivity index (χ4v) is 2.72. The molecule has 6 heteroatoms. The summed E-state index contributed by atoms with van der Waals surface area (Å²) in [6.07, 6.45) is 1.80. The Balaban J connectivity index is 1.98. The second-order valence-corrected chi connectivity index (χ2v) is 5.32. The average molecular weight is 301 g/mol. The first kappa shape index (κ1) is 14.7. The third-order valence-corrected chi connectivity index (χ3v) is 3.85. The van der Waals surface area contributed by atoms with Crippen molar-refractivity contribution in [1.29, 1.82) is 0 Å². The van der Waals surface area contributed by atoms with Crippen LogP contribution < -0.4 is 0 Å². The molecule has 1 aromatic carbocycles. The number of rotatable bonds is 5. The number of aromatic nitrogens is 2. The highest BCUT2D eigenvalue weighted by molar-refractivity contribution is 5.92. The molecule has 2 heterocycles. The summed E-state index contributed by atoms with van der Waals surface area (Å²) in [5.74, 6) is 0.00215. The normalized spacial score (nSPS) is 16.0. The van der Waals surface area contributed by atoms with Gasteiger partial charge in [-0.3, -0.25) is 4.90 Å². The summed E-state index contributed by atoms with van der Waals surface area (Å²) in [5.41, 5.74) is 1.92. The largest absolute Gasteiger partial charge is 0.478 e. The number of carboxylic acids is 1. The van der Waals surface area contributed by atoms with Crippen LogP contribution in [0.4, 0.5) is 0 Å². The fourth-order valence-electron chi connectivity index (χ4n) is 2.72. The van der Waals surface area contributed by atoms with Gasteiger partial charge in [0.2, 0.25) is 0 Å². The highest BCUT2D eigenvalue weighted by atomic mass is 16.5. The number of benzene rings is 1. The smallest absolute Gasteiger partial charge is 0.335 e. The van der Waals surface area contributed by atoms with Crippen LogP contribution in [0.15, 0.2) is 30.9 Å². The van der Waals surface area contributed by atoms with Crippen molar-refractivity contribution < 1.29 is 14.6 Å². The summed E-state index contributed by atoms with van der Waals surface area (Å²) >= 11 is 0. The van der Waals surface area contributed by atoms with Gasteiger partial charge < -0.3 is 14.4 Å². The van der Waals surface area contributed by atoms with Crippen LogP contribution >= 0.6 is 0 Å². The molecule has 1 aliphatic heterocycles. The number of aromatic carboxylic acids is 1. The fraction of sp³-hybridized carbons (Fsp3) is 0.375. The van der Waals surface area contributed by atoms with Gasteiger partial charge in [0.05, 0.1) is 36.4 Å². The predicted molar refractivity (Wildman–Crippen MR) is 83.0 cm³/mol. The number of nitrogens with zero attached hydrogens (tertiary/aromatic N) is 3. The van der Waals surface area contributed by atoms with E-state index in [2.05, 4.69) is 16.5 Å². The van der Waals surface area contributed by atoms with Gasteiger partial charge in [0.25, 0.3) is 0 Å². The Labute approximate surface area is 128 Å². The number of fused-ring (bicyclic) bond motifs is 1. The van der Waals surface area contributed by atoms with Gasteiger partial charge in [-0.1, -0.05) is 6.08 Å². The summed E-state index contributed by atoms with van der Waals surface area (Å²) < 4.78 is 7.40. The molecule has 0 aliphatic carbocycles. The lowest BCUT2D eigenvalue weighted by molar-refractivity contribution is 0.0327. The van der Waals surface area contributed by atoms with Crippen LogP contribution in [-0.4, -0.2) is 51.8 Å². The highest BCUT2D eigenvalue weighted by Crippen LogP contribution is 2.20. The number of hydrogen-bond donors (Lipinski definition) is 1. The van der Waals surface area contributed by atoms with Gasteiger partial charge in [-0.05, 0) is 18.2 Å². The lowest BCUT2D eigenvalue weighted by Crippen LogP contribution is -2.36. The van der Waals surface area contributed by atoms with Crippen LogP contribution in [-0.2, 0) is 17.8 Å². The van der Waals surface area contributed by atoms with E-state index in [0.29, 0.717) is 6.54 Å². The quantitative estimate of drug-likeness (QED) is 0.852. The van der Waals surface area contributed by atoms with Crippen molar-refractivity contribution in [2.45, 2.75) is 13.1 Å². The third kappa shape index (κ3) is 2.88. The first-order valence-electron chi connectivity index (χ1n) is 7.32. The van der Waals surface area contributed by atoms with Crippen LogP contribution in [0.1, 0.15) is 16.2 Å². The maximum Gasteiger partial charge on any atom is 0.335 e. The van der Waals surface area contributed by atoms with E-state index in [4.69, 9.17) is 9.84 Å². The van der Waals surface area contributed by atoms with E-state index >= 15 is 0 Å². The Kier molecular flexibility index (Phi) is 4.22. The van der Waals surface area contributed by atoms with E-state index in [0.717, 1.165) is 49.7 Å². The number of carboxylic acid groups (broad SMARTS) is 1. The summed E-state index contributed by atoms with van der Waals surface area (Å²) in [6.45, 7) is 8.39. The van der Waals surface area contributed by atoms with Crippen LogP contribution in [0.25, 0.3) is 11.0 Å². The van der Waals surface area contributed by atoms with Gasteiger partial charge >= 0.3 is 5.97 Å². The molecule has 0 atom stereocenters. The molecule has 1 saturated heterocycles. The van der Waals surface area contributed by atoms with Gasteiger partial charge in [0, 0.05) is 19.6 Å². The lowest BCUT2D eigenvalue weighted by atomic mass is 10.2. The Morgan fingerprint density at radius 3 is 2.86 bits per heavy atom. The Morgan fingerprint density at radius 2 is 2.18 bits per heavy atom. The van der Waals surface area contributed by atoms with Crippen molar-refractivity contribution in [2.24, 2.45) is 0 Å². The van der Waals surface area contributed by atoms with Gasteiger partial charge in [0.1, 0.15) is 5.82 Å². The number of morpholine rings is 1. The molecular weight excluding hydrogens is 282 g/mol. The molecule has 0 saturated carbocycles. The molecule has 0 bridgehead atoms. The number of hydrogen-bond acceptors (Lipinski definition) is 4. The Bertz CT molecular complexity index is 702. The van der Waals surface area contributed by atoms with E-state index < -0.39 is 5.97 Å². The minimum absolute atomic E-state index is 0.274. The molecule has 1 aromatic heterocycles. The van der Waals surface area contributed by atoms with Gasteiger partial charge in [-0.2, -0.15) is 0 Å². The lowest BCUT2D eigenvalue weighted by Gasteiger charge is -2.26. The predicted octanol–water partition coefficient (Wildman–Crippen LogP) is 1.75. The van der Waals surface area contributed by atoms with Crippen LogP contribution in [0.5, 0.6) is 0 Å². The van der Waals surface area contributed by atoms with Crippen molar-refractivity contribution >= 4 is 17.0 Å². The Hall–Kier alpha value is -2.18. The Morgan fingerprint density at radius 1 is 1.41 bits per heavy atom. The minimum Gasteiger partial charge on any atom is -0.478 e. The summed E-state index contributed by atoms with van der Waals surface area (Å²) in [4.78, 5) is 18.1. The molecule has 0 radical (unpaired) electrons. The summed E-state index contributed by atoms with van der Waals surface area (Å²) in [7, 11) is 0. The number of ether oxygens (including phenoxy) is 1. The molecule has 1 fully saturated rings. The molecule has 0 spiro atoms. The van der Waals surface area contributed by atoms with Crippen molar-refractivity contribution in [3.8, 4) is 0 Å². The highest BCUT2D eigenvalue weighted by Gasteiger charge is 2.17.